The Morgan fingerprint density at radius 3 is 3.00 bits per heavy atom. The average Bonchev–Trinajstić information content (AvgIpc) is 3.49. The van der Waals surface area contributed by atoms with E-state index < -0.39 is 6.04 Å². The number of aromatic nitrogens is 5. The fraction of sp³-hybridized carbons (Fsp3) is 0.250. The van der Waals surface area contributed by atoms with Crippen LogP contribution in [0.3, 0.4) is 0 Å². The minimum Gasteiger partial charge on any atom is -0.354 e. The molecule has 1 fully saturated rings. The zero-order chi connectivity index (χ0) is 24.9. The van der Waals surface area contributed by atoms with Crippen LogP contribution in [-0.2, 0) is 10.5 Å². The number of pyridine rings is 1. The molecule has 0 spiro atoms. The molecule has 5 rings (SSSR count). The first-order valence-electron chi connectivity index (χ1n) is 11.4. The van der Waals surface area contributed by atoms with Crippen LogP contribution in [0.15, 0.2) is 59.3 Å². The van der Waals surface area contributed by atoms with Gasteiger partial charge in [-0.15, -0.1) is 21.5 Å². The minimum atomic E-state index is -0.526. The Kier molecular flexibility index (Phi) is 7.59. The smallest absolute Gasteiger partial charge is 0.271 e. The van der Waals surface area contributed by atoms with Crippen molar-refractivity contribution in [2.45, 2.75) is 36.2 Å². The standard InChI is InChI=1S/C24H22ClN7O2S2/c25-16-6-3-7-17(11-16)32-21(15-5-4-9-26-12-15)30-31-24(32)36-14-20-28-19(13-35-20)23(34)29-18-8-1-2-10-27-22(18)33/h3-7,9,11-13,18H,1-2,8,10,14H2,(H,27,33)(H,29,34). The Balaban J connectivity index is 1.33. The van der Waals surface area contributed by atoms with E-state index in [-0.39, 0.29) is 11.8 Å². The third-order valence-electron chi connectivity index (χ3n) is 5.57. The van der Waals surface area contributed by atoms with Crippen molar-refractivity contribution in [2.75, 3.05) is 6.54 Å². The van der Waals surface area contributed by atoms with Crippen molar-refractivity contribution >= 4 is 46.5 Å². The van der Waals surface area contributed by atoms with E-state index in [1.165, 1.54) is 23.1 Å². The number of amides is 2. The van der Waals surface area contributed by atoms with Crippen molar-refractivity contribution in [1.82, 2.24) is 35.4 Å². The van der Waals surface area contributed by atoms with Crippen LogP contribution in [0.5, 0.6) is 0 Å². The van der Waals surface area contributed by atoms with Gasteiger partial charge in [0.2, 0.25) is 5.91 Å². The molecule has 4 aromatic rings. The van der Waals surface area contributed by atoms with Gasteiger partial charge in [0.05, 0.1) is 11.4 Å². The van der Waals surface area contributed by atoms with Crippen LogP contribution < -0.4 is 10.6 Å². The quantitative estimate of drug-likeness (QED) is 0.339. The number of carbonyl (C=O) groups is 2. The Morgan fingerprint density at radius 2 is 2.17 bits per heavy atom. The molecule has 2 N–H and O–H groups in total. The molecule has 0 aliphatic carbocycles. The van der Waals surface area contributed by atoms with Crippen LogP contribution in [0.25, 0.3) is 17.1 Å². The average molecular weight is 540 g/mol. The second kappa shape index (κ2) is 11.2. The summed E-state index contributed by atoms with van der Waals surface area (Å²) in [4.78, 5) is 33.5. The molecule has 1 saturated heterocycles. The number of nitrogens with one attached hydrogen (secondary N) is 2. The highest BCUT2D eigenvalue weighted by Crippen LogP contribution is 2.31. The van der Waals surface area contributed by atoms with Crippen LogP contribution in [0.1, 0.15) is 34.8 Å². The number of hydrogen-bond donors (Lipinski definition) is 2. The van der Waals surface area contributed by atoms with Crippen LogP contribution in [0.4, 0.5) is 0 Å². The lowest BCUT2D eigenvalue weighted by molar-refractivity contribution is -0.122. The molecule has 36 heavy (non-hydrogen) atoms. The molecule has 9 nitrogen and oxygen atoms in total. The second-order valence-electron chi connectivity index (χ2n) is 8.09. The lowest BCUT2D eigenvalue weighted by Crippen LogP contribution is -2.45. The van der Waals surface area contributed by atoms with Crippen molar-refractivity contribution in [3.05, 3.63) is 69.9 Å². The number of halogens is 1. The van der Waals surface area contributed by atoms with Crippen molar-refractivity contribution in [1.29, 1.82) is 0 Å². The monoisotopic (exact) mass is 539 g/mol. The number of thiazole rings is 1. The fourth-order valence-electron chi connectivity index (χ4n) is 3.81. The maximum Gasteiger partial charge on any atom is 0.271 e. The summed E-state index contributed by atoms with van der Waals surface area (Å²) in [5.41, 5.74) is 1.96. The number of benzene rings is 1. The summed E-state index contributed by atoms with van der Waals surface area (Å²) in [5, 5.41) is 18.2. The van der Waals surface area contributed by atoms with Gasteiger partial charge in [0.15, 0.2) is 11.0 Å². The van der Waals surface area contributed by atoms with Gasteiger partial charge in [-0.1, -0.05) is 29.4 Å². The maximum absolute atomic E-state index is 12.7. The number of nitrogens with zero attached hydrogens (tertiary/aromatic N) is 5. The molecule has 0 bridgehead atoms. The van der Waals surface area contributed by atoms with Crippen molar-refractivity contribution in [3.63, 3.8) is 0 Å². The minimum absolute atomic E-state index is 0.142. The molecular formula is C24H22ClN7O2S2. The third kappa shape index (κ3) is 5.58. The molecule has 184 valence electrons. The topological polar surface area (TPSA) is 115 Å². The van der Waals surface area contributed by atoms with Gasteiger partial charge < -0.3 is 10.6 Å². The first-order chi connectivity index (χ1) is 17.6. The Bertz CT molecular complexity index is 1380. The summed E-state index contributed by atoms with van der Waals surface area (Å²) >= 11 is 9.11. The Morgan fingerprint density at radius 1 is 1.25 bits per heavy atom. The van der Waals surface area contributed by atoms with Gasteiger partial charge >= 0.3 is 0 Å². The first-order valence-corrected chi connectivity index (χ1v) is 13.6. The Hall–Kier alpha value is -3.28. The van der Waals surface area contributed by atoms with Crippen LogP contribution in [0.2, 0.25) is 5.02 Å². The van der Waals surface area contributed by atoms with Crippen molar-refractivity contribution in [2.24, 2.45) is 0 Å². The lowest BCUT2D eigenvalue weighted by atomic mass is 10.1. The van der Waals surface area contributed by atoms with Gasteiger partial charge in [0.1, 0.15) is 16.7 Å². The largest absolute Gasteiger partial charge is 0.354 e. The summed E-state index contributed by atoms with van der Waals surface area (Å²) in [6.07, 6.45) is 5.87. The normalized spacial score (nSPS) is 15.8. The molecule has 1 aromatic carbocycles. The van der Waals surface area contributed by atoms with E-state index in [0.29, 0.717) is 40.4 Å². The highest BCUT2D eigenvalue weighted by molar-refractivity contribution is 7.98. The summed E-state index contributed by atoms with van der Waals surface area (Å²) in [5.74, 6) is 0.657. The summed E-state index contributed by atoms with van der Waals surface area (Å²) in [6.45, 7) is 0.644. The molecule has 1 unspecified atom stereocenters. The number of hydrogen-bond acceptors (Lipinski definition) is 8. The molecule has 12 heteroatoms. The zero-order valence-corrected chi connectivity index (χ0v) is 21.4. The maximum atomic E-state index is 12.7. The molecule has 1 atom stereocenters. The number of rotatable bonds is 7. The predicted octanol–water partition coefficient (Wildman–Crippen LogP) is 4.13. The van der Waals surface area contributed by atoms with Crippen LogP contribution in [-0.4, -0.2) is 49.1 Å². The van der Waals surface area contributed by atoms with Gasteiger partial charge in [-0.05, 0) is 49.6 Å². The van der Waals surface area contributed by atoms with E-state index in [4.69, 9.17) is 11.6 Å². The summed E-state index contributed by atoms with van der Waals surface area (Å²) in [6, 6.07) is 10.7. The molecule has 4 heterocycles. The lowest BCUT2D eigenvalue weighted by Gasteiger charge is -2.14. The summed E-state index contributed by atoms with van der Waals surface area (Å²) < 4.78 is 1.93. The molecule has 0 radical (unpaired) electrons. The van der Waals surface area contributed by atoms with Crippen LogP contribution in [0, 0.1) is 0 Å². The van der Waals surface area contributed by atoms with Gasteiger partial charge in [-0.3, -0.25) is 19.1 Å². The van der Waals surface area contributed by atoms with Gasteiger partial charge in [0, 0.05) is 34.9 Å². The van der Waals surface area contributed by atoms with Crippen LogP contribution >= 0.6 is 34.7 Å². The predicted molar refractivity (Wildman–Crippen MR) is 139 cm³/mol. The molecule has 1 aliphatic rings. The molecule has 3 aromatic heterocycles. The second-order valence-corrected chi connectivity index (χ2v) is 10.4. The molecule has 0 saturated carbocycles. The van der Waals surface area contributed by atoms with E-state index in [0.717, 1.165) is 29.1 Å². The van der Waals surface area contributed by atoms with E-state index in [2.05, 4.69) is 30.8 Å². The molecule has 2 amide bonds. The Labute approximate surface area is 220 Å². The number of thioether (sulfide) groups is 1. The fourth-order valence-corrected chi connectivity index (χ4v) is 5.74. The van der Waals surface area contributed by atoms with Gasteiger partial charge in [0.25, 0.3) is 5.91 Å². The highest BCUT2D eigenvalue weighted by Gasteiger charge is 2.24. The number of carbonyl (C=O) groups excluding carboxylic acids is 2. The first kappa shape index (κ1) is 24.4. The molecule has 1 aliphatic heterocycles. The molecular weight excluding hydrogens is 518 g/mol. The van der Waals surface area contributed by atoms with E-state index in [1.54, 1.807) is 17.8 Å². The van der Waals surface area contributed by atoms with Crippen molar-refractivity contribution < 1.29 is 9.59 Å². The van der Waals surface area contributed by atoms with Gasteiger partial charge in [-0.2, -0.15) is 0 Å². The zero-order valence-electron chi connectivity index (χ0n) is 19.1. The van der Waals surface area contributed by atoms with E-state index in [1.807, 2.05) is 41.0 Å². The summed E-state index contributed by atoms with van der Waals surface area (Å²) in [7, 11) is 0. The van der Waals surface area contributed by atoms with E-state index >= 15 is 0 Å². The third-order valence-corrected chi connectivity index (χ3v) is 7.78. The van der Waals surface area contributed by atoms with E-state index in [9.17, 15) is 9.59 Å². The van der Waals surface area contributed by atoms with Crippen molar-refractivity contribution in [3.8, 4) is 17.1 Å². The SMILES string of the molecule is O=C(NC1CCCCNC1=O)c1csc(CSc2nnc(-c3cccnc3)n2-c2cccc(Cl)c2)n1. The highest BCUT2D eigenvalue weighted by atomic mass is 35.5. The van der Waals surface area contributed by atoms with Gasteiger partial charge in [-0.25, -0.2) is 4.98 Å².